The molecule has 4 rings (SSSR count). The van der Waals surface area contributed by atoms with Crippen molar-refractivity contribution in [2.75, 3.05) is 0 Å². The van der Waals surface area contributed by atoms with Crippen LogP contribution in [0.4, 0.5) is 0 Å². The van der Waals surface area contributed by atoms with Crippen LogP contribution in [0.15, 0.2) is 45.7 Å². The van der Waals surface area contributed by atoms with E-state index in [1.807, 2.05) is 43.5 Å². The molecule has 0 fully saturated rings. The third-order valence-electron chi connectivity index (χ3n) is 4.93. The minimum absolute atomic E-state index is 0.0648. The Hall–Kier alpha value is -3.48. The summed E-state index contributed by atoms with van der Waals surface area (Å²) in [5.41, 5.74) is 2.60. The fraction of sp³-hybridized carbons (Fsp3) is 0.238. The Morgan fingerprint density at radius 2 is 1.86 bits per heavy atom. The van der Waals surface area contributed by atoms with Gasteiger partial charge in [0.15, 0.2) is 11.6 Å². The predicted octanol–water partition coefficient (Wildman–Crippen LogP) is 3.29. The highest BCUT2D eigenvalue weighted by atomic mass is 16.5. The van der Waals surface area contributed by atoms with Gasteiger partial charge < -0.3 is 4.52 Å². The first-order chi connectivity index (χ1) is 13.4. The standard InChI is InChI=1S/C21H20N4O3/c1-12-9-17(14(3)25(12)20-10-13(2)28-23-20)19(26)11-24-15(4)22-18-8-6-5-7-16(18)21(24)27/h5-10H,11H2,1-4H3. The number of benzene rings is 1. The van der Waals surface area contributed by atoms with E-state index in [-0.39, 0.29) is 17.9 Å². The highest BCUT2D eigenvalue weighted by Gasteiger charge is 2.20. The first-order valence-electron chi connectivity index (χ1n) is 8.99. The highest BCUT2D eigenvalue weighted by Crippen LogP contribution is 2.21. The van der Waals surface area contributed by atoms with Gasteiger partial charge in [0.05, 0.1) is 17.4 Å². The van der Waals surface area contributed by atoms with Crippen molar-refractivity contribution in [3.63, 3.8) is 0 Å². The van der Waals surface area contributed by atoms with Gasteiger partial charge in [0.25, 0.3) is 5.56 Å². The molecule has 1 aromatic carbocycles. The van der Waals surface area contributed by atoms with E-state index in [4.69, 9.17) is 4.52 Å². The molecule has 7 nitrogen and oxygen atoms in total. The summed E-state index contributed by atoms with van der Waals surface area (Å²) in [6.45, 7) is 7.26. The third-order valence-corrected chi connectivity index (χ3v) is 4.93. The van der Waals surface area contributed by atoms with E-state index in [0.717, 1.165) is 11.4 Å². The fourth-order valence-corrected chi connectivity index (χ4v) is 3.55. The molecule has 0 saturated carbocycles. The Morgan fingerprint density at radius 1 is 1.11 bits per heavy atom. The number of ketones is 1. The van der Waals surface area contributed by atoms with Crippen molar-refractivity contribution in [1.29, 1.82) is 0 Å². The quantitative estimate of drug-likeness (QED) is 0.511. The Bertz CT molecular complexity index is 1280. The number of Topliss-reactive ketones (excluding diaryl/α,β-unsaturated/α-hetero) is 1. The molecular formula is C21H20N4O3. The summed E-state index contributed by atoms with van der Waals surface area (Å²) in [6, 6.07) is 10.8. The molecule has 0 aliphatic heterocycles. The van der Waals surface area contributed by atoms with Crippen molar-refractivity contribution in [3.05, 3.63) is 75.3 Å². The number of nitrogens with zero attached hydrogens (tertiary/aromatic N) is 4. The lowest BCUT2D eigenvalue weighted by atomic mass is 10.1. The Balaban J connectivity index is 1.74. The number of para-hydroxylation sites is 1. The molecule has 0 spiro atoms. The highest BCUT2D eigenvalue weighted by molar-refractivity contribution is 5.97. The van der Waals surface area contributed by atoms with E-state index in [9.17, 15) is 9.59 Å². The van der Waals surface area contributed by atoms with Crippen molar-refractivity contribution in [2.24, 2.45) is 0 Å². The summed E-state index contributed by atoms with van der Waals surface area (Å²) in [7, 11) is 0. The van der Waals surface area contributed by atoms with Crippen LogP contribution in [-0.2, 0) is 6.54 Å². The second-order valence-electron chi connectivity index (χ2n) is 6.91. The zero-order valence-corrected chi connectivity index (χ0v) is 16.2. The summed E-state index contributed by atoms with van der Waals surface area (Å²) in [4.78, 5) is 30.3. The van der Waals surface area contributed by atoms with Gasteiger partial charge in [-0.15, -0.1) is 0 Å². The molecule has 3 aromatic heterocycles. The number of carbonyl (C=O) groups is 1. The molecule has 0 atom stereocenters. The second kappa shape index (κ2) is 6.60. The van der Waals surface area contributed by atoms with E-state index in [1.165, 1.54) is 4.57 Å². The summed E-state index contributed by atoms with van der Waals surface area (Å²) < 4.78 is 8.46. The zero-order chi connectivity index (χ0) is 20.0. The maximum atomic E-state index is 13.0. The van der Waals surface area contributed by atoms with Gasteiger partial charge in [-0.05, 0) is 45.9 Å². The molecule has 0 N–H and O–H groups in total. The maximum Gasteiger partial charge on any atom is 0.261 e. The lowest BCUT2D eigenvalue weighted by molar-refractivity contribution is 0.0969. The smallest absolute Gasteiger partial charge is 0.261 e. The number of rotatable bonds is 4. The zero-order valence-electron chi connectivity index (χ0n) is 16.2. The first-order valence-corrected chi connectivity index (χ1v) is 8.99. The van der Waals surface area contributed by atoms with Crippen molar-refractivity contribution in [1.82, 2.24) is 19.3 Å². The van der Waals surface area contributed by atoms with Gasteiger partial charge in [-0.1, -0.05) is 17.3 Å². The molecule has 0 radical (unpaired) electrons. The Labute approximate surface area is 161 Å². The van der Waals surface area contributed by atoms with Crippen molar-refractivity contribution < 1.29 is 9.32 Å². The van der Waals surface area contributed by atoms with Gasteiger partial charge in [0, 0.05) is 23.0 Å². The Morgan fingerprint density at radius 3 is 2.57 bits per heavy atom. The van der Waals surface area contributed by atoms with Crippen LogP contribution >= 0.6 is 0 Å². The predicted molar refractivity (Wildman–Crippen MR) is 105 cm³/mol. The molecule has 3 heterocycles. The van der Waals surface area contributed by atoms with Crippen LogP contribution in [0.5, 0.6) is 0 Å². The van der Waals surface area contributed by atoms with Gasteiger partial charge >= 0.3 is 0 Å². The van der Waals surface area contributed by atoms with Crippen LogP contribution in [-0.4, -0.2) is 25.1 Å². The molecule has 0 aliphatic rings. The van der Waals surface area contributed by atoms with E-state index in [1.54, 1.807) is 25.1 Å². The van der Waals surface area contributed by atoms with Gasteiger partial charge in [0.1, 0.15) is 11.6 Å². The van der Waals surface area contributed by atoms with Gasteiger partial charge in [-0.3, -0.25) is 18.7 Å². The van der Waals surface area contributed by atoms with E-state index in [2.05, 4.69) is 10.1 Å². The summed E-state index contributed by atoms with van der Waals surface area (Å²) in [5.74, 6) is 1.69. The molecule has 4 aromatic rings. The monoisotopic (exact) mass is 376 g/mol. The normalized spacial score (nSPS) is 11.3. The van der Waals surface area contributed by atoms with Crippen molar-refractivity contribution in [2.45, 2.75) is 34.2 Å². The largest absolute Gasteiger partial charge is 0.360 e. The second-order valence-corrected chi connectivity index (χ2v) is 6.91. The van der Waals surface area contributed by atoms with E-state index in [0.29, 0.717) is 33.9 Å². The van der Waals surface area contributed by atoms with Crippen molar-refractivity contribution >= 4 is 16.7 Å². The van der Waals surface area contributed by atoms with Crippen LogP contribution in [0, 0.1) is 27.7 Å². The third kappa shape index (κ3) is 2.85. The minimum Gasteiger partial charge on any atom is -0.360 e. The molecular weight excluding hydrogens is 356 g/mol. The summed E-state index contributed by atoms with van der Waals surface area (Å²) in [5, 5.41) is 4.54. The average molecular weight is 376 g/mol. The van der Waals surface area contributed by atoms with Gasteiger partial charge in [0.2, 0.25) is 0 Å². The molecule has 0 aliphatic carbocycles. The number of aryl methyl sites for hydroxylation is 3. The number of carbonyl (C=O) groups excluding carboxylic acids is 1. The molecule has 0 amide bonds. The molecule has 28 heavy (non-hydrogen) atoms. The Kier molecular flexibility index (Phi) is 4.22. The minimum atomic E-state index is -0.211. The number of hydrogen-bond acceptors (Lipinski definition) is 5. The number of aromatic nitrogens is 4. The SMILES string of the molecule is Cc1cc(-n2c(C)cc(C(=O)Cn3c(C)nc4ccccc4c3=O)c2C)no1. The molecule has 0 bridgehead atoms. The molecule has 0 unspecified atom stereocenters. The van der Waals surface area contributed by atoms with Crippen molar-refractivity contribution in [3.8, 4) is 5.82 Å². The molecule has 7 heteroatoms. The van der Waals surface area contributed by atoms with Crippen LogP contribution in [0.3, 0.4) is 0 Å². The summed E-state index contributed by atoms with van der Waals surface area (Å²) in [6.07, 6.45) is 0. The van der Waals surface area contributed by atoms with Crippen LogP contribution in [0.25, 0.3) is 16.7 Å². The van der Waals surface area contributed by atoms with Crippen LogP contribution in [0.1, 0.15) is 33.3 Å². The van der Waals surface area contributed by atoms with Gasteiger partial charge in [-0.25, -0.2) is 4.98 Å². The topological polar surface area (TPSA) is 82.9 Å². The van der Waals surface area contributed by atoms with Crippen LogP contribution in [0.2, 0.25) is 0 Å². The lowest BCUT2D eigenvalue weighted by Crippen LogP contribution is -2.27. The van der Waals surface area contributed by atoms with Gasteiger partial charge in [-0.2, -0.15) is 0 Å². The maximum absolute atomic E-state index is 13.0. The first kappa shape index (κ1) is 17.9. The number of hydrogen-bond donors (Lipinski definition) is 0. The molecule has 142 valence electrons. The van der Waals surface area contributed by atoms with E-state index < -0.39 is 0 Å². The number of fused-ring (bicyclic) bond motifs is 1. The summed E-state index contributed by atoms with van der Waals surface area (Å²) >= 11 is 0. The fourth-order valence-electron chi connectivity index (χ4n) is 3.55. The van der Waals surface area contributed by atoms with E-state index >= 15 is 0 Å². The molecule has 0 saturated heterocycles. The van der Waals surface area contributed by atoms with Crippen LogP contribution < -0.4 is 5.56 Å². The lowest BCUT2D eigenvalue weighted by Gasteiger charge is -2.10. The average Bonchev–Trinajstić information content (AvgIpc) is 3.21.